The van der Waals surface area contributed by atoms with E-state index in [1.54, 1.807) is 31.3 Å². The van der Waals surface area contributed by atoms with E-state index >= 15 is 0 Å². The van der Waals surface area contributed by atoms with Crippen LogP contribution < -0.4 is 5.32 Å². The van der Waals surface area contributed by atoms with Gasteiger partial charge in [-0.25, -0.2) is 8.42 Å². The average Bonchev–Trinajstić information content (AvgIpc) is 3.48. The SMILES string of the molecule is CN(C(=O)c1ccc(NC(=O)C[C@H]2SC(N3CCCC3)=NC2=O)cc1)[C@@H]1CCS(=O)(=O)C1. The van der Waals surface area contributed by atoms with Gasteiger partial charge in [-0.1, -0.05) is 11.8 Å². The summed E-state index contributed by atoms with van der Waals surface area (Å²) in [5, 5.41) is 2.97. The first-order valence-corrected chi connectivity index (χ1v) is 13.3. The smallest absolute Gasteiger partial charge is 0.262 e. The van der Waals surface area contributed by atoms with Crippen LogP contribution in [0.5, 0.6) is 0 Å². The number of amides is 3. The number of nitrogens with one attached hydrogen (secondary N) is 1. The highest BCUT2D eigenvalue weighted by atomic mass is 32.2. The van der Waals surface area contributed by atoms with Gasteiger partial charge in [0.2, 0.25) is 5.91 Å². The summed E-state index contributed by atoms with van der Waals surface area (Å²) in [7, 11) is -1.47. The van der Waals surface area contributed by atoms with Crippen molar-refractivity contribution in [2.75, 3.05) is 37.0 Å². The van der Waals surface area contributed by atoms with Crippen LogP contribution in [0.15, 0.2) is 29.3 Å². The first kappa shape index (κ1) is 22.8. The zero-order valence-electron chi connectivity index (χ0n) is 17.8. The van der Waals surface area contributed by atoms with Crippen molar-refractivity contribution in [3.05, 3.63) is 29.8 Å². The van der Waals surface area contributed by atoms with Crippen molar-refractivity contribution >= 4 is 50.2 Å². The molecule has 1 N–H and O–H groups in total. The third-order valence-corrected chi connectivity index (χ3v) is 8.93. The van der Waals surface area contributed by atoms with Gasteiger partial charge in [-0.05, 0) is 43.5 Å². The fraction of sp³-hybridized carbons (Fsp3) is 0.524. The summed E-state index contributed by atoms with van der Waals surface area (Å²) in [5.74, 6) is -0.729. The summed E-state index contributed by atoms with van der Waals surface area (Å²) < 4.78 is 23.3. The molecule has 0 aromatic heterocycles. The quantitative estimate of drug-likeness (QED) is 0.679. The summed E-state index contributed by atoms with van der Waals surface area (Å²) in [6.07, 6.45) is 2.66. The van der Waals surface area contributed by atoms with Crippen LogP contribution in [0.4, 0.5) is 5.69 Å². The zero-order chi connectivity index (χ0) is 22.9. The second-order valence-electron chi connectivity index (χ2n) is 8.34. The Bertz CT molecular complexity index is 1050. The lowest BCUT2D eigenvalue weighted by Gasteiger charge is -2.23. The van der Waals surface area contributed by atoms with E-state index in [1.807, 2.05) is 0 Å². The van der Waals surface area contributed by atoms with Crippen LogP contribution in [0.25, 0.3) is 0 Å². The molecule has 3 aliphatic rings. The van der Waals surface area contributed by atoms with Crippen molar-refractivity contribution in [3.8, 4) is 0 Å². The van der Waals surface area contributed by atoms with E-state index in [1.165, 1.54) is 16.7 Å². The van der Waals surface area contributed by atoms with Gasteiger partial charge < -0.3 is 15.1 Å². The number of nitrogens with zero attached hydrogens (tertiary/aromatic N) is 3. The maximum atomic E-state index is 12.7. The van der Waals surface area contributed by atoms with E-state index in [0.717, 1.165) is 25.9 Å². The minimum absolute atomic E-state index is 0.00946. The average molecular weight is 479 g/mol. The van der Waals surface area contributed by atoms with E-state index in [-0.39, 0.29) is 41.7 Å². The number of benzene rings is 1. The Morgan fingerprint density at radius 1 is 1.22 bits per heavy atom. The van der Waals surface area contributed by atoms with Gasteiger partial charge in [0.1, 0.15) is 5.25 Å². The molecule has 0 aliphatic carbocycles. The van der Waals surface area contributed by atoms with Crippen molar-refractivity contribution in [3.63, 3.8) is 0 Å². The molecule has 0 saturated carbocycles. The van der Waals surface area contributed by atoms with Gasteiger partial charge in [0.25, 0.3) is 11.8 Å². The molecular weight excluding hydrogens is 452 g/mol. The molecule has 1 aromatic carbocycles. The summed E-state index contributed by atoms with van der Waals surface area (Å²) in [4.78, 5) is 44.9. The molecule has 0 unspecified atom stereocenters. The van der Waals surface area contributed by atoms with Crippen molar-refractivity contribution in [2.24, 2.45) is 4.99 Å². The molecule has 172 valence electrons. The highest BCUT2D eigenvalue weighted by Gasteiger charge is 2.34. The van der Waals surface area contributed by atoms with Crippen molar-refractivity contribution in [1.82, 2.24) is 9.80 Å². The monoisotopic (exact) mass is 478 g/mol. The fourth-order valence-corrected chi connectivity index (χ4v) is 6.97. The Morgan fingerprint density at radius 2 is 1.91 bits per heavy atom. The molecule has 3 heterocycles. The van der Waals surface area contributed by atoms with Crippen LogP contribution in [0.1, 0.15) is 36.0 Å². The van der Waals surface area contributed by atoms with Gasteiger partial charge in [-0.15, -0.1) is 0 Å². The largest absolute Gasteiger partial charge is 0.351 e. The first-order chi connectivity index (χ1) is 15.2. The predicted molar refractivity (Wildman–Crippen MR) is 123 cm³/mol. The molecule has 32 heavy (non-hydrogen) atoms. The topological polar surface area (TPSA) is 116 Å². The molecular formula is C21H26N4O5S2. The van der Waals surface area contributed by atoms with E-state index in [2.05, 4.69) is 15.2 Å². The Labute approximate surface area is 191 Å². The minimum Gasteiger partial charge on any atom is -0.351 e. The molecule has 3 aliphatic heterocycles. The molecule has 0 radical (unpaired) electrons. The fourth-order valence-electron chi connectivity index (χ4n) is 4.08. The number of amidine groups is 1. The van der Waals surface area contributed by atoms with Crippen molar-refractivity contribution in [2.45, 2.75) is 37.0 Å². The van der Waals surface area contributed by atoms with E-state index in [9.17, 15) is 22.8 Å². The lowest BCUT2D eigenvalue weighted by Crippen LogP contribution is -2.37. The number of carbonyl (C=O) groups excluding carboxylic acids is 3. The van der Waals surface area contributed by atoms with Crippen LogP contribution in [0.2, 0.25) is 0 Å². The molecule has 9 nitrogen and oxygen atoms in total. The predicted octanol–water partition coefficient (Wildman–Crippen LogP) is 1.37. The van der Waals surface area contributed by atoms with Gasteiger partial charge in [-0.3, -0.25) is 14.4 Å². The third kappa shape index (κ3) is 5.15. The molecule has 1 aromatic rings. The van der Waals surface area contributed by atoms with Crippen LogP contribution in [-0.4, -0.2) is 84.0 Å². The highest BCUT2D eigenvalue weighted by molar-refractivity contribution is 8.15. The van der Waals surface area contributed by atoms with Crippen LogP contribution in [0.3, 0.4) is 0 Å². The molecule has 3 amide bonds. The Hall–Kier alpha value is -2.40. The van der Waals surface area contributed by atoms with Gasteiger partial charge in [0, 0.05) is 43.9 Å². The number of aliphatic imine (C=N–C) groups is 1. The molecule has 2 saturated heterocycles. The van der Waals surface area contributed by atoms with Crippen LogP contribution in [-0.2, 0) is 19.4 Å². The summed E-state index contributed by atoms with van der Waals surface area (Å²) >= 11 is 1.35. The molecule has 0 spiro atoms. The first-order valence-electron chi connectivity index (χ1n) is 10.6. The van der Waals surface area contributed by atoms with Crippen molar-refractivity contribution in [1.29, 1.82) is 0 Å². The highest BCUT2D eigenvalue weighted by Crippen LogP contribution is 2.29. The number of likely N-dealkylation sites (tertiary alicyclic amines) is 1. The third-order valence-electron chi connectivity index (χ3n) is 5.97. The van der Waals surface area contributed by atoms with E-state index < -0.39 is 15.1 Å². The lowest BCUT2D eigenvalue weighted by atomic mass is 10.1. The molecule has 2 atom stereocenters. The standard InChI is InChI=1S/C21H26N4O5S2/c1-24(16-8-11-32(29,30)13-16)20(28)14-4-6-15(7-5-14)22-18(26)12-17-19(27)23-21(31-17)25-9-2-3-10-25/h4-7,16-17H,2-3,8-13H2,1H3,(H,22,26)/t16-,17-/m1/s1. The van der Waals surface area contributed by atoms with E-state index in [0.29, 0.717) is 22.8 Å². The number of carbonyl (C=O) groups is 3. The van der Waals surface area contributed by atoms with Gasteiger partial charge >= 0.3 is 0 Å². The molecule has 2 fully saturated rings. The van der Waals surface area contributed by atoms with Gasteiger partial charge in [-0.2, -0.15) is 4.99 Å². The maximum absolute atomic E-state index is 12.7. The number of hydrogen-bond donors (Lipinski definition) is 1. The normalized spacial score (nSPS) is 24.5. The Kier molecular flexibility index (Phi) is 6.57. The molecule has 11 heteroatoms. The second kappa shape index (κ2) is 9.22. The number of rotatable bonds is 5. The van der Waals surface area contributed by atoms with Gasteiger partial charge in [0.15, 0.2) is 15.0 Å². The molecule has 0 bridgehead atoms. The number of sulfone groups is 1. The molecule has 4 rings (SSSR count). The van der Waals surface area contributed by atoms with Gasteiger partial charge in [0.05, 0.1) is 11.5 Å². The number of thioether (sulfide) groups is 1. The summed E-state index contributed by atoms with van der Waals surface area (Å²) in [6.45, 7) is 1.80. The lowest BCUT2D eigenvalue weighted by molar-refractivity contribution is -0.121. The number of anilines is 1. The van der Waals surface area contributed by atoms with Crippen LogP contribution >= 0.6 is 11.8 Å². The number of hydrogen-bond acceptors (Lipinski definition) is 7. The zero-order valence-corrected chi connectivity index (χ0v) is 19.5. The van der Waals surface area contributed by atoms with Crippen LogP contribution in [0, 0.1) is 0 Å². The van der Waals surface area contributed by atoms with E-state index in [4.69, 9.17) is 0 Å². The van der Waals surface area contributed by atoms with Crippen molar-refractivity contribution < 1.29 is 22.8 Å². The summed E-state index contributed by atoms with van der Waals surface area (Å²) in [5.41, 5.74) is 0.939. The Balaban J connectivity index is 1.29. The Morgan fingerprint density at radius 3 is 2.53 bits per heavy atom. The second-order valence-corrected chi connectivity index (χ2v) is 11.7. The summed E-state index contributed by atoms with van der Waals surface area (Å²) in [6, 6.07) is 6.13. The minimum atomic E-state index is -3.08. The maximum Gasteiger partial charge on any atom is 0.262 e.